The normalized spacial score (nSPS) is 10.8. The maximum atomic E-state index is 12.1. The van der Waals surface area contributed by atoms with Crippen LogP contribution in [0, 0.1) is 0 Å². The Morgan fingerprint density at radius 3 is 1.75 bits per heavy atom. The van der Waals surface area contributed by atoms with Crippen molar-refractivity contribution >= 4 is 17.8 Å². The second-order valence-electron chi connectivity index (χ2n) is 6.18. The lowest BCUT2D eigenvalue weighted by atomic mass is 9.86. The SMILES string of the molecule is CCCCc1c(O)c(O)c(C(=O)OCl)c(CCCC)c1CCCC. The number of aromatic hydroxyl groups is 2. The standard InChI is InChI=1S/C19H29ClO4/c1-4-7-10-13-14(11-8-5-2)16(19(23)24-20)18(22)17(21)15(13)12-9-6-3/h21-22H,4-12H2,1-3H3. The second-order valence-corrected chi connectivity index (χ2v) is 6.34. The Balaban J connectivity index is 3.58. The van der Waals surface area contributed by atoms with Crippen LogP contribution in [0.2, 0.25) is 0 Å². The molecule has 0 fully saturated rings. The van der Waals surface area contributed by atoms with Crippen LogP contribution < -0.4 is 0 Å². The molecule has 1 aromatic carbocycles. The summed E-state index contributed by atoms with van der Waals surface area (Å²) >= 11 is 5.25. The van der Waals surface area contributed by atoms with Crippen LogP contribution in [0.5, 0.6) is 11.5 Å². The monoisotopic (exact) mass is 356 g/mol. The van der Waals surface area contributed by atoms with Crippen molar-refractivity contribution in [3.63, 3.8) is 0 Å². The Hall–Kier alpha value is -1.42. The van der Waals surface area contributed by atoms with Gasteiger partial charge >= 0.3 is 5.97 Å². The first kappa shape index (κ1) is 20.6. The molecule has 24 heavy (non-hydrogen) atoms. The minimum Gasteiger partial charge on any atom is -0.504 e. The fraction of sp³-hybridized carbons (Fsp3) is 0.632. The Kier molecular flexibility index (Phi) is 8.98. The molecule has 0 bridgehead atoms. The molecule has 0 saturated heterocycles. The van der Waals surface area contributed by atoms with E-state index in [2.05, 4.69) is 25.1 Å². The van der Waals surface area contributed by atoms with Crippen LogP contribution in [-0.2, 0) is 23.6 Å². The summed E-state index contributed by atoms with van der Waals surface area (Å²) in [7, 11) is 0. The summed E-state index contributed by atoms with van der Waals surface area (Å²) in [5.41, 5.74) is 2.53. The van der Waals surface area contributed by atoms with Gasteiger partial charge in [-0.3, -0.25) is 0 Å². The lowest BCUT2D eigenvalue weighted by Crippen LogP contribution is -2.11. The molecule has 4 nitrogen and oxygen atoms in total. The molecule has 0 radical (unpaired) electrons. The van der Waals surface area contributed by atoms with Crippen LogP contribution in [0.25, 0.3) is 0 Å². The molecule has 0 saturated carbocycles. The number of benzene rings is 1. The summed E-state index contributed by atoms with van der Waals surface area (Å²) in [5.74, 6) is -1.42. The van der Waals surface area contributed by atoms with Gasteiger partial charge in [-0.1, -0.05) is 40.0 Å². The van der Waals surface area contributed by atoms with Crippen molar-refractivity contribution in [2.45, 2.75) is 78.6 Å². The molecule has 0 aromatic heterocycles. The van der Waals surface area contributed by atoms with Crippen molar-refractivity contribution in [3.8, 4) is 11.5 Å². The third kappa shape index (κ3) is 4.79. The Labute approximate surface area is 150 Å². The molecule has 2 N–H and O–H groups in total. The smallest absolute Gasteiger partial charge is 0.360 e. The molecule has 1 aromatic rings. The number of phenols is 2. The first-order valence-corrected chi connectivity index (χ1v) is 9.25. The van der Waals surface area contributed by atoms with E-state index in [9.17, 15) is 15.0 Å². The molecule has 0 aliphatic rings. The highest BCUT2D eigenvalue weighted by Crippen LogP contribution is 2.41. The Bertz CT molecular complexity index is 555. The number of carbonyl (C=O) groups excluding carboxylic acids is 1. The van der Waals surface area contributed by atoms with E-state index in [1.165, 1.54) is 0 Å². The average Bonchev–Trinajstić information content (AvgIpc) is 2.59. The molecular formula is C19H29ClO4. The van der Waals surface area contributed by atoms with Gasteiger partial charge in [0.25, 0.3) is 0 Å². The van der Waals surface area contributed by atoms with Gasteiger partial charge in [-0.15, -0.1) is 0 Å². The molecule has 0 atom stereocenters. The van der Waals surface area contributed by atoms with Gasteiger partial charge in [-0.2, -0.15) is 0 Å². The molecule has 0 unspecified atom stereocenters. The van der Waals surface area contributed by atoms with Gasteiger partial charge in [0.05, 0.1) is 0 Å². The van der Waals surface area contributed by atoms with Gasteiger partial charge in [0.1, 0.15) is 17.4 Å². The van der Waals surface area contributed by atoms with Crippen molar-refractivity contribution in [3.05, 3.63) is 22.3 Å². The molecule has 0 heterocycles. The van der Waals surface area contributed by atoms with Crippen molar-refractivity contribution in [2.24, 2.45) is 0 Å². The van der Waals surface area contributed by atoms with Crippen molar-refractivity contribution in [2.75, 3.05) is 0 Å². The van der Waals surface area contributed by atoms with Crippen molar-refractivity contribution in [1.29, 1.82) is 0 Å². The first-order valence-electron chi connectivity index (χ1n) is 8.94. The quantitative estimate of drug-likeness (QED) is 0.548. The van der Waals surface area contributed by atoms with Crippen LogP contribution in [0.1, 0.15) is 86.3 Å². The van der Waals surface area contributed by atoms with Crippen LogP contribution in [0.3, 0.4) is 0 Å². The number of halogens is 1. The molecule has 5 heteroatoms. The Morgan fingerprint density at radius 1 is 0.833 bits per heavy atom. The summed E-state index contributed by atoms with van der Waals surface area (Å²) in [6.07, 6.45) is 7.84. The number of hydrogen-bond acceptors (Lipinski definition) is 4. The van der Waals surface area contributed by atoms with E-state index in [4.69, 9.17) is 11.9 Å². The zero-order valence-electron chi connectivity index (χ0n) is 15.0. The van der Waals surface area contributed by atoms with Crippen molar-refractivity contribution < 1.29 is 19.3 Å². The van der Waals surface area contributed by atoms with Gasteiger partial charge in [0.2, 0.25) is 0 Å². The number of rotatable bonds is 10. The van der Waals surface area contributed by atoms with E-state index in [-0.39, 0.29) is 11.3 Å². The second kappa shape index (κ2) is 10.4. The molecule has 136 valence electrons. The molecule has 0 aliphatic heterocycles. The number of unbranched alkanes of at least 4 members (excludes halogenated alkanes) is 3. The fourth-order valence-corrected chi connectivity index (χ4v) is 3.12. The highest BCUT2D eigenvalue weighted by molar-refractivity contribution is 6.16. The minimum absolute atomic E-state index is 0.0160. The van der Waals surface area contributed by atoms with Crippen molar-refractivity contribution in [1.82, 2.24) is 0 Å². The summed E-state index contributed by atoms with van der Waals surface area (Å²) in [5, 5.41) is 20.9. The number of phenolic OH excluding ortho intramolecular Hbond substituents is 2. The van der Waals surface area contributed by atoms with Gasteiger partial charge in [-0.05, 0) is 49.7 Å². The third-order valence-electron chi connectivity index (χ3n) is 4.39. The zero-order chi connectivity index (χ0) is 18.1. The van der Waals surface area contributed by atoms with E-state index >= 15 is 0 Å². The molecule has 0 aliphatic carbocycles. The maximum absolute atomic E-state index is 12.1. The maximum Gasteiger partial charge on any atom is 0.360 e. The van der Waals surface area contributed by atoms with E-state index in [0.717, 1.165) is 61.6 Å². The summed E-state index contributed by atoms with van der Waals surface area (Å²) in [4.78, 5) is 12.1. The van der Waals surface area contributed by atoms with E-state index in [1.54, 1.807) is 0 Å². The fourth-order valence-electron chi connectivity index (χ4n) is 3.05. The predicted molar refractivity (Wildman–Crippen MR) is 96.9 cm³/mol. The van der Waals surface area contributed by atoms with Crippen LogP contribution >= 0.6 is 11.9 Å². The third-order valence-corrected chi connectivity index (χ3v) is 4.53. The van der Waals surface area contributed by atoms with E-state index in [1.807, 2.05) is 0 Å². The lowest BCUT2D eigenvalue weighted by molar-refractivity contribution is 0.0746. The average molecular weight is 357 g/mol. The van der Waals surface area contributed by atoms with Gasteiger partial charge in [-0.25, -0.2) is 4.79 Å². The van der Waals surface area contributed by atoms with Crippen LogP contribution in [0.4, 0.5) is 0 Å². The molecule has 1 rings (SSSR count). The first-order chi connectivity index (χ1) is 11.5. The van der Waals surface area contributed by atoms with Gasteiger partial charge in [0, 0.05) is 5.56 Å². The topological polar surface area (TPSA) is 66.8 Å². The Morgan fingerprint density at radius 2 is 1.29 bits per heavy atom. The molecular weight excluding hydrogens is 328 g/mol. The van der Waals surface area contributed by atoms with E-state index in [0.29, 0.717) is 12.8 Å². The summed E-state index contributed by atoms with van der Waals surface area (Å²) in [6.45, 7) is 6.26. The van der Waals surface area contributed by atoms with E-state index < -0.39 is 11.7 Å². The minimum atomic E-state index is -0.810. The highest BCUT2D eigenvalue weighted by atomic mass is 35.5. The highest BCUT2D eigenvalue weighted by Gasteiger charge is 2.27. The molecule has 0 spiro atoms. The zero-order valence-corrected chi connectivity index (χ0v) is 15.7. The van der Waals surface area contributed by atoms with Gasteiger partial charge in [0.15, 0.2) is 11.5 Å². The predicted octanol–water partition coefficient (Wildman–Crippen LogP) is 5.44. The summed E-state index contributed by atoms with van der Waals surface area (Å²) in [6, 6.07) is 0. The van der Waals surface area contributed by atoms with Gasteiger partial charge < -0.3 is 14.5 Å². The van der Waals surface area contributed by atoms with Crippen LogP contribution in [0.15, 0.2) is 0 Å². The van der Waals surface area contributed by atoms with Crippen LogP contribution in [-0.4, -0.2) is 16.2 Å². The lowest BCUT2D eigenvalue weighted by Gasteiger charge is -2.21. The summed E-state index contributed by atoms with van der Waals surface area (Å²) < 4.78 is 4.34. The largest absolute Gasteiger partial charge is 0.504 e. The number of carbonyl (C=O) groups is 1. The molecule has 0 amide bonds. The number of hydrogen-bond donors (Lipinski definition) is 2.